The minimum absolute atomic E-state index is 0.308. The van der Waals surface area contributed by atoms with Crippen LogP contribution in [-0.2, 0) is 13.9 Å². The van der Waals surface area contributed by atoms with Gasteiger partial charge in [-0.05, 0) is 16.6 Å². The van der Waals surface area contributed by atoms with Crippen LogP contribution >= 0.6 is 0 Å². The number of hydrogen-bond acceptors (Lipinski definition) is 7. The minimum Gasteiger partial charge on any atom is -0.394 e. The van der Waals surface area contributed by atoms with Crippen molar-refractivity contribution in [3.63, 3.8) is 0 Å². The van der Waals surface area contributed by atoms with Crippen molar-refractivity contribution in [2.24, 2.45) is 0 Å². The van der Waals surface area contributed by atoms with Gasteiger partial charge in [-0.15, -0.1) is 0 Å². The first-order valence-corrected chi connectivity index (χ1v) is 12.9. The molecule has 0 aromatic heterocycles. The summed E-state index contributed by atoms with van der Waals surface area (Å²) < 4.78 is 18.5. The third-order valence-corrected chi connectivity index (χ3v) is 12.2. The van der Waals surface area contributed by atoms with E-state index in [4.69, 9.17) is 13.9 Å². The topological polar surface area (TPSA) is 109 Å². The number of benzene rings is 1. The summed E-state index contributed by atoms with van der Waals surface area (Å²) in [4.78, 5) is 0. The van der Waals surface area contributed by atoms with Crippen LogP contribution < -0.4 is 0 Å². The summed E-state index contributed by atoms with van der Waals surface area (Å²) in [6, 6.07) is 9.42. The van der Waals surface area contributed by atoms with E-state index < -0.39 is 51.9 Å². The Kier molecular flexibility index (Phi) is 9.02. The fourth-order valence-corrected chi connectivity index (χ4v) is 10.1. The van der Waals surface area contributed by atoms with E-state index in [0.29, 0.717) is 16.6 Å². The normalized spacial score (nSPS) is 29.0. The molecule has 0 aliphatic carbocycles. The van der Waals surface area contributed by atoms with Crippen LogP contribution in [0.3, 0.4) is 0 Å². The molecule has 6 atom stereocenters. The summed E-state index contributed by atoms with van der Waals surface area (Å²) in [7, 11) is -2.36. The standard InChI is InChI=1S/C22H38O7Si/c1-13(2)30(14(3)4,15(5)6)29-21(16-10-8-7-9-11-16)28-22-20(26)19(25)18(24)17(12-23)27-22/h7-11,13-15,17-26H,12H2,1-6H3/t17-,18+,19+,20-,21?,22?/m1/s1. The highest BCUT2D eigenvalue weighted by molar-refractivity contribution is 6.77. The molecular weight excluding hydrogens is 404 g/mol. The molecule has 0 amide bonds. The van der Waals surface area contributed by atoms with Crippen molar-refractivity contribution in [2.45, 2.75) is 95.2 Å². The average Bonchev–Trinajstić information content (AvgIpc) is 2.70. The second-order valence-electron chi connectivity index (χ2n) is 9.01. The fraction of sp³-hybridized carbons (Fsp3) is 0.727. The van der Waals surface area contributed by atoms with Crippen molar-refractivity contribution >= 4 is 8.32 Å². The molecule has 1 aliphatic heterocycles. The summed E-state index contributed by atoms with van der Waals surface area (Å²) in [6.45, 7) is 12.5. The van der Waals surface area contributed by atoms with Gasteiger partial charge in [-0.1, -0.05) is 71.9 Å². The second kappa shape index (κ2) is 10.6. The van der Waals surface area contributed by atoms with E-state index >= 15 is 0 Å². The lowest BCUT2D eigenvalue weighted by molar-refractivity contribution is -0.331. The van der Waals surface area contributed by atoms with Crippen LogP contribution in [0, 0.1) is 0 Å². The van der Waals surface area contributed by atoms with Crippen LogP contribution in [0.15, 0.2) is 30.3 Å². The van der Waals surface area contributed by atoms with Gasteiger partial charge in [0.15, 0.2) is 12.6 Å². The van der Waals surface area contributed by atoms with E-state index in [9.17, 15) is 20.4 Å². The average molecular weight is 443 g/mol. The van der Waals surface area contributed by atoms with Crippen LogP contribution in [0.1, 0.15) is 53.4 Å². The monoisotopic (exact) mass is 442 g/mol. The zero-order chi connectivity index (χ0) is 22.6. The molecule has 0 bridgehead atoms. The highest BCUT2D eigenvalue weighted by Gasteiger charge is 2.49. The maximum absolute atomic E-state index is 10.5. The minimum atomic E-state index is -2.36. The molecule has 1 aromatic rings. The first-order chi connectivity index (χ1) is 14.1. The lowest BCUT2D eigenvalue weighted by Gasteiger charge is -2.46. The number of rotatable bonds is 9. The van der Waals surface area contributed by atoms with Gasteiger partial charge in [0.25, 0.3) is 0 Å². The molecule has 0 saturated carbocycles. The molecule has 0 spiro atoms. The molecule has 1 fully saturated rings. The van der Waals surface area contributed by atoms with Gasteiger partial charge in [-0.3, -0.25) is 0 Å². The predicted octanol–water partition coefficient (Wildman–Crippen LogP) is 2.69. The third-order valence-electron chi connectivity index (χ3n) is 6.20. The highest BCUT2D eigenvalue weighted by atomic mass is 28.4. The van der Waals surface area contributed by atoms with Crippen molar-refractivity contribution < 1.29 is 34.3 Å². The predicted molar refractivity (Wildman–Crippen MR) is 116 cm³/mol. The van der Waals surface area contributed by atoms with Gasteiger partial charge >= 0.3 is 0 Å². The number of hydrogen-bond donors (Lipinski definition) is 4. The zero-order valence-electron chi connectivity index (χ0n) is 18.8. The van der Waals surface area contributed by atoms with Crippen molar-refractivity contribution in [3.05, 3.63) is 35.9 Å². The molecular formula is C22H38O7Si. The van der Waals surface area contributed by atoms with Gasteiger partial charge in [0, 0.05) is 5.56 Å². The van der Waals surface area contributed by atoms with E-state index in [1.165, 1.54) is 0 Å². The Labute approximate surface area is 180 Å². The highest BCUT2D eigenvalue weighted by Crippen LogP contribution is 2.45. The lowest BCUT2D eigenvalue weighted by atomic mass is 9.99. The summed E-state index contributed by atoms with van der Waals surface area (Å²) in [5.41, 5.74) is 1.69. The molecule has 1 aromatic carbocycles. The van der Waals surface area contributed by atoms with Gasteiger partial charge in [-0.2, -0.15) is 0 Å². The van der Waals surface area contributed by atoms with Crippen molar-refractivity contribution in [2.75, 3.05) is 6.61 Å². The van der Waals surface area contributed by atoms with Crippen molar-refractivity contribution in [1.29, 1.82) is 0 Å². The summed E-state index contributed by atoms with van der Waals surface area (Å²) in [5.74, 6) is 0. The number of aliphatic hydroxyl groups is 4. The molecule has 1 heterocycles. The van der Waals surface area contributed by atoms with Gasteiger partial charge in [0.1, 0.15) is 24.4 Å². The van der Waals surface area contributed by atoms with Crippen LogP contribution in [0.5, 0.6) is 0 Å². The first-order valence-electron chi connectivity index (χ1n) is 10.7. The number of ether oxygens (including phenoxy) is 2. The molecule has 4 N–H and O–H groups in total. The van der Waals surface area contributed by atoms with Crippen LogP contribution in [0.2, 0.25) is 16.6 Å². The zero-order valence-corrected chi connectivity index (χ0v) is 19.8. The lowest BCUT2D eigenvalue weighted by Crippen LogP contribution is -2.59. The summed E-state index contributed by atoms with van der Waals surface area (Å²) in [6.07, 6.45) is -7.54. The van der Waals surface area contributed by atoms with Crippen molar-refractivity contribution in [3.8, 4) is 0 Å². The second-order valence-corrected chi connectivity index (χ2v) is 14.4. The Bertz CT molecular complexity index is 616. The maximum atomic E-state index is 10.5. The van der Waals surface area contributed by atoms with E-state index in [2.05, 4.69) is 41.5 Å². The third kappa shape index (κ3) is 5.13. The van der Waals surface area contributed by atoms with E-state index in [1.807, 2.05) is 30.3 Å². The molecule has 172 valence electrons. The molecule has 30 heavy (non-hydrogen) atoms. The SMILES string of the molecule is CC(C)[Si](OC(OC1O[C@H](CO)[C@H](O)[C@H](O)[C@H]1O)c1ccccc1)(C(C)C)C(C)C. The first kappa shape index (κ1) is 25.4. The Morgan fingerprint density at radius 1 is 0.867 bits per heavy atom. The van der Waals surface area contributed by atoms with E-state index in [0.717, 1.165) is 5.56 Å². The van der Waals surface area contributed by atoms with Gasteiger partial charge in [-0.25, -0.2) is 0 Å². The molecule has 2 rings (SSSR count). The molecule has 1 saturated heterocycles. The Morgan fingerprint density at radius 3 is 1.87 bits per heavy atom. The molecule has 0 radical (unpaired) electrons. The summed E-state index contributed by atoms with van der Waals surface area (Å²) in [5, 5.41) is 40.1. The van der Waals surface area contributed by atoms with E-state index in [-0.39, 0.29) is 0 Å². The van der Waals surface area contributed by atoms with Gasteiger partial charge in [0.2, 0.25) is 8.32 Å². The van der Waals surface area contributed by atoms with Gasteiger partial charge in [0.05, 0.1) is 6.61 Å². The number of aliphatic hydroxyl groups excluding tert-OH is 4. The quantitative estimate of drug-likeness (QED) is 0.344. The van der Waals surface area contributed by atoms with Crippen molar-refractivity contribution in [1.82, 2.24) is 0 Å². The largest absolute Gasteiger partial charge is 0.394 e. The summed E-state index contributed by atoms with van der Waals surface area (Å²) >= 11 is 0. The van der Waals surface area contributed by atoms with Crippen LogP contribution in [0.4, 0.5) is 0 Å². The molecule has 1 aliphatic rings. The van der Waals surface area contributed by atoms with Crippen LogP contribution in [0.25, 0.3) is 0 Å². The smallest absolute Gasteiger partial charge is 0.204 e. The Hall–Kier alpha value is -0.843. The molecule has 2 unspecified atom stereocenters. The maximum Gasteiger partial charge on any atom is 0.204 e. The fourth-order valence-electron chi connectivity index (χ4n) is 4.68. The molecule has 8 heteroatoms. The van der Waals surface area contributed by atoms with E-state index in [1.54, 1.807) is 0 Å². The Balaban J connectivity index is 2.39. The molecule has 7 nitrogen and oxygen atoms in total. The van der Waals surface area contributed by atoms with Gasteiger partial charge < -0.3 is 34.3 Å². The Morgan fingerprint density at radius 2 is 1.40 bits per heavy atom. The van der Waals surface area contributed by atoms with Crippen LogP contribution in [-0.4, -0.2) is 66.1 Å².